The maximum absolute atomic E-state index is 13.9. The van der Waals surface area contributed by atoms with Gasteiger partial charge < -0.3 is 10.2 Å². The molecule has 40 heavy (non-hydrogen) atoms. The minimum absolute atomic E-state index is 0.0324. The Balaban J connectivity index is 1.56. The number of imide groups is 1. The van der Waals surface area contributed by atoms with E-state index in [1.165, 1.54) is 4.90 Å². The highest BCUT2D eigenvalue weighted by Crippen LogP contribution is 2.23. The lowest BCUT2D eigenvalue weighted by molar-refractivity contribution is -0.141. The van der Waals surface area contributed by atoms with Crippen LogP contribution in [0.25, 0.3) is 0 Å². The lowest BCUT2D eigenvalue weighted by atomic mass is 10.0. The van der Waals surface area contributed by atoms with Crippen LogP contribution in [0.2, 0.25) is 0 Å². The van der Waals surface area contributed by atoms with E-state index in [0.717, 1.165) is 23.1 Å². The van der Waals surface area contributed by atoms with Crippen molar-refractivity contribution in [2.24, 2.45) is 0 Å². The highest BCUT2D eigenvalue weighted by atomic mass is 16.2. The van der Waals surface area contributed by atoms with Crippen LogP contribution in [0.3, 0.4) is 0 Å². The first kappa shape index (κ1) is 28.7. The third kappa shape index (κ3) is 6.65. The second kappa shape index (κ2) is 13.2. The lowest BCUT2D eigenvalue weighted by Crippen LogP contribution is -2.52. The monoisotopic (exact) mass is 539 g/mol. The topological polar surface area (TPSA) is 86.8 Å². The largest absolute Gasteiger partial charge is 0.352 e. The number of carbonyl (C=O) groups excluding carboxylic acids is 4. The Kier molecular flexibility index (Phi) is 9.48. The molecule has 208 valence electrons. The van der Waals surface area contributed by atoms with Crippen molar-refractivity contribution in [3.63, 3.8) is 0 Å². The predicted molar refractivity (Wildman–Crippen MR) is 155 cm³/mol. The number of carbonyl (C=O) groups is 4. The molecule has 7 nitrogen and oxygen atoms in total. The van der Waals surface area contributed by atoms with Gasteiger partial charge in [0.15, 0.2) is 0 Å². The Hall–Kier alpha value is -4.26. The van der Waals surface area contributed by atoms with Crippen LogP contribution in [0.5, 0.6) is 0 Å². The van der Waals surface area contributed by atoms with Gasteiger partial charge in [0.25, 0.3) is 11.8 Å². The van der Waals surface area contributed by atoms with E-state index in [4.69, 9.17) is 0 Å². The minimum Gasteiger partial charge on any atom is -0.352 e. The van der Waals surface area contributed by atoms with Crippen LogP contribution >= 0.6 is 0 Å². The maximum Gasteiger partial charge on any atom is 0.261 e. The van der Waals surface area contributed by atoms with Gasteiger partial charge in [-0.05, 0) is 55.5 Å². The standard InChI is InChI=1S/C33H37N3O4/c1-4-24(3)34-31(38)29(21-25-14-6-5-7-15-25)36(22-26-16-9-8-13-23(26)2)30(37)19-12-20-35-32(39)27-17-10-11-18-28(27)33(35)40/h5-11,13-18,24,29H,4,12,19-22H2,1-3H3,(H,34,38)/t24-,29+/m1/s1. The van der Waals surface area contributed by atoms with Crippen molar-refractivity contribution in [2.75, 3.05) is 6.54 Å². The molecule has 0 fully saturated rings. The normalized spacial score (nSPS) is 14.0. The SMILES string of the molecule is CC[C@@H](C)NC(=O)[C@H](Cc1ccccc1)N(Cc1ccccc1C)C(=O)CCCN1C(=O)c2ccccc2C1=O. The molecule has 3 aromatic rings. The molecule has 0 saturated heterocycles. The van der Waals surface area contributed by atoms with Crippen LogP contribution < -0.4 is 5.32 Å². The fourth-order valence-corrected chi connectivity index (χ4v) is 4.94. The Morgan fingerprint density at radius 1 is 0.875 bits per heavy atom. The van der Waals surface area contributed by atoms with Crippen molar-refractivity contribution in [1.82, 2.24) is 15.1 Å². The first-order valence-electron chi connectivity index (χ1n) is 13.9. The number of amides is 4. The summed E-state index contributed by atoms with van der Waals surface area (Å²) in [5, 5.41) is 3.08. The highest BCUT2D eigenvalue weighted by molar-refractivity contribution is 6.21. The summed E-state index contributed by atoms with van der Waals surface area (Å²) in [6.45, 7) is 6.37. The minimum atomic E-state index is -0.720. The average molecular weight is 540 g/mol. The van der Waals surface area contributed by atoms with Gasteiger partial charge in [-0.2, -0.15) is 0 Å². The summed E-state index contributed by atoms with van der Waals surface area (Å²) in [5.74, 6) is -1.06. The summed E-state index contributed by atoms with van der Waals surface area (Å²) < 4.78 is 0. The molecule has 0 bridgehead atoms. The van der Waals surface area contributed by atoms with E-state index < -0.39 is 6.04 Å². The first-order valence-corrected chi connectivity index (χ1v) is 13.9. The third-order valence-corrected chi connectivity index (χ3v) is 7.52. The molecular formula is C33H37N3O4. The smallest absolute Gasteiger partial charge is 0.261 e. The molecule has 4 rings (SSSR count). The van der Waals surface area contributed by atoms with E-state index in [1.54, 1.807) is 29.2 Å². The quantitative estimate of drug-likeness (QED) is 0.331. The van der Waals surface area contributed by atoms with Crippen LogP contribution in [-0.2, 0) is 22.6 Å². The molecule has 2 atom stereocenters. The molecule has 1 aliphatic heterocycles. The molecule has 1 heterocycles. The van der Waals surface area contributed by atoms with Gasteiger partial charge in [-0.15, -0.1) is 0 Å². The van der Waals surface area contributed by atoms with Gasteiger partial charge in [0.2, 0.25) is 11.8 Å². The molecule has 7 heteroatoms. The second-order valence-electron chi connectivity index (χ2n) is 10.4. The second-order valence-corrected chi connectivity index (χ2v) is 10.4. The number of hydrogen-bond acceptors (Lipinski definition) is 4. The van der Waals surface area contributed by atoms with E-state index in [-0.39, 0.29) is 49.2 Å². The number of rotatable bonds is 12. The molecule has 0 radical (unpaired) electrons. The number of nitrogens with zero attached hydrogens (tertiary/aromatic N) is 2. The van der Waals surface area contributed by atoms with Crippen LogP contribution in [0.15, 0.2) is 78.9 Å². The van der Waals surface area contributed by atoms with E-state index in [2.05, 4.69) is 5.32 Å². The Bertz CT molecular complexity index is 1340. The average Bonchev–Trinajstić information content (AvgIpc) is 3.21. The molecule has 0 aliphatic carbocycles. The predicted octanol–water partition coefficient (Wildman–Crippen LogP) is 4.93. The van der Waals surface area contributed by atoms with Gasteiger partial charge >= 0.3 is 0 Å². The summed E-state index contributed by atoms with van der Waals surface area (Å²) in [5.41, 5.74) is 3.74. The molecule has 0 saturated carbocycles. The van der Waals surface area contributed by atoms with Crippen molar-refractivity contribution < 1.29 is 19.2 Å². The molecule has 1 aliphatic rings. The van der Waals surface area contributed by atoms with Crippen molar-refractivity contribution in [1.29, 1.82) is 0 Å². The van der Waals surface area contributed by atoms with Gasteiger partial charge in [-0.25, -0.2) is 0 Å². The van der Waals surface area contributed by atoms with E-state index >= 15 is 0 Å². The van der Waals surface area contributed by atoms with E-state index in [1.807, 2.05) is 75.4 Å². The summed E-state index contributed by atoms with van der Waals surface area (Å²) in [6.07, 6.45) is 1.55. The Morgan fingerprint density at radius 2 is 1.48 bits per heavy atom. The molecule has 0 aromatic heterocycles. The molecule has 3 aromatic carbocycles. The zero-order chi connectivity index (χ0) is 28.6. The molecular weight excluding hydrogens is 502 g/mol. The number of nitrogens with one attached hydrogen (secondary N) is 1. The van der Waals surface area contributed by atoms with Crippen molar-refractivity contribution in [3.8, 4) is 0 Å². The summed E-state index contributed by atoms with van der Waals surface area (Å²) in [4.78, 5) is 55.9. The fourth-order valence-electron chi connectivity index (χ4n) is 4.94. The van der Waals surface area contributed by atoms with Crippen molar-refractivity contribution >= 4 is 23.6 Å². The molecule has 4 amide bonds. The van der Waals surface area contributed by atoms with Gasteiger partial charge in [0.05, 0.1) is 11.1 Å². The number of benzene rings is 3. The zero-order valence-electron chi connectivity index (χ0n) is 23.4. The summed E-state index contributed by atoms with van der Waals surface area (Å²) in [6, 6.07) is 23.5. The third-order valence-electron chi connectivity index (χ3n) is 7.52. The number of aryl methyl sites for hydroxylation is 1. The number of fused-ring (bicyclic) bond motifs is 1. The van der Waals surface area contributed by atoms with Gasteiger partial charge in [0, 0.05) is 32.0 Å². The Labute approximate surface area is 236 Å². The van der Waals surface area contributed by atoms with E-state index in [0.29, 0.717) is 24.0 Å². The molecule has 1 N–H and O–H groups in total. The van der Waals surface area contributed by atoms with Gasteiger partial charge in [-0.3, -0.25) is 24.1 Å². The maximum atomic E-state index is 13.9. The van der Waals surface area contributed by atoms with Crippen LogP contribution in [0.4, 0.5) is 0 Å². The summed E-state index contributed by atoms with van der Waals surface area (Å²) >= 11 is 0. The van der Waals surface area contributed by atoms with E-state index in [9.17, 15) is 19.2 Å². The van der Waals surface area contributed by atoms with Crippen molar-refractivity contribution in [3.05, 3.63) is 107 Å². The van der Waals surface area contributed by atoms with Gasteiger partial charge in [-0.1, -0.05) is 73.7 Å². The molecule has 0 unspecified atom stereocenters. The van der Waals surface area contributed by atoms with Crippen LogP contribution in [0.1, 0.15) is 70.5 Å². The van der Waals surface area contributed by atoms with Gasteiger partial charge in [0.1, 0.15) is 6.04 Å². The fraction of sp³-hybridized carbons (Fsp3) is 0.333. The summed E-state index contributed by atoms with van der Waals surface area (Å²) in [7, 11) is 0. The Morgan fingerprint density at radius 3 is 2.10 bits per heavy atom. The first-order chi connectivity index (χ1) is 19.3. The molecule has 0 spiro atoms. The van der Waals surface area contributed by atoms with Crippen LogP contribution in [-0.4, -0.2) is 52.1 Å². The zero-order valence-corrected chi connectivity index (χ0v) is 23.4. The van der Waals surface area contributed by atoms with Crippen molar-refractivity contribution in [2.45, 2.75) is 65.1 Å². The van der Waals surface area contributed by atoms with Crippen LogP contribution in [0, 0.1) is 6.92 Å². The highest BCUT2D eigenvalue weighted by Gasteiger charge is 2.35. The number of hydrogen-bond donors (Lipinski definition) is 1. The lowest BCUT2D eigenvalue weighted by Gasteiger charge is -2.33.